The predicted octanol–water partition coefficient (Wildman–Crippen LogP) is 7.70. The molecule has 0 saturated heterocycles. The molecule has 0 unspecified atom stereocenters. The van der Waals surface area contributed by atoms with Crippen molar-refractivity contribution in [3.63, 3.8) is 0 Å². The quantitative estimate of drug-likeness (QED) is 0.222. The Balaban J connectivity index is 1.48. The molecule has 3 nitrogen and oxygen atoms in total. The lowest BCUT2D eigenvalue weighted by molar-refractivity contribution is 0.130. The van der Waals surface area contributed by atoms with Crippen LogP contribution in [-0.2, 0) is 18.0 Å². The fraction of sp³-hybridized carbons (Fsp3) is 0.172. The number of benzene rings is 4. The molecule has 4 aromatic rings. The van der Waals surface area contributed by atoms with Gasteiger partial charge in [-0.3, -0.25) is 0 Å². The van der Waals surface area contributed by atoms with Crippen LogP contribution in [0.4, 0.5) is 17.6 Å². The zero-order valence-electron chi connectivity index (χ0n) is 19.8. The maximum absolute atomic E-state index is 14.9. The van der Waals surface area contributed by atoms with E-state index in [4.69, 9.17) is 14.2 Å². The molecular weight excluding hydrogens is 472 g/mol. The van der Waals surface area contributed by atoms with Gasteiger partial charge < -0.3 is 14.2 Å². The van der Waals surface area contributed by atoms with E-state index in [0.29, 0.717) is 29.0 Å². The molecule has 0 aromatic heterocycles. The van der Waals surface area contributed by atoms with Crippen LogP contribution in [0, 0.1) is 23.3 Å². The predicted molar refractivity (Wildman–Crippen MR) is 130 cm³/mol. The Hall–Kier alpha value is -3.84. The first-order valence-electron chi connectivity index (χ1n) is 11.3. The molecule has 4 rings (SSSR count). The lowest BCUT2D eigenvalue weighted by Crippen LogP contribution is -2.03. The summed E-state index contributed by atoms with van der Waals surface area (Å²) in [6.45, 7) is 2.09. The van der Waals surface area contributed by atoms with Crippen molar-refractivity contribution < 1.29 is 31.8 Å². The van der Waals surface area contributed by atoms with Gasteiger partial charge in [0.25, 0.3) is 0 Å². The highest BCUT2D eigenvalue weighted by molar-refractivity contribution is 5.72. The monoisotopic (exact) mass is 496 g/mol. The van der Waals surface area contributed by atoms with Crippen LogP contribution < -0.4 is 9.47 Å². The van der Waals surface area contributed by atoms with E-state index in [-0.39, 0.29) is 35.7 Å². The molecular formula is C29H24F4O3. The van der Waals surface area contributed by atoms with Crippen LogP contribution in [0.5, 0.6) is 11.5 Å². The van der Waals surface area contributed by atoms with Crippen molar-refractivity contribution >= 4 is 0 Å². The zero-order valence-corrected chi connectivity index (χ0v) is 19.8. The van der Waals surface area contributed by atoms with Crippen LogP contribution >= 0.6 is 0 Å². The fourth-order valence-corrected chi connectivity index (χ4v) is 3.71. The van der Waals surface area contributed by atoms with Gasteiger partial charge >= 0.3 is 0 Å². The first kappa shape index (κ1) is 25.3. The van der Waals surface area contributed by atoms with Crippen molar-refractivity contribution in [1.29, 1.82) is 0 Å². The fourth-order valence-electron chi connectivity index (χ4n) is 3.71. The SMILES string of the molecule is CCOCc1ccc(OCc2ccc(-c3ccc(-c4ccc(OC)cc4)c(F)c3F)cc2)c(F)c1F. The summed E-state index contributed by atoms with van der Waals surface area (Å²) in [5.41, 5.74) is 2.00. The van der Waals surface area contributed by atoms with Crippen LogP contribution in [0.15, 0.2) is 72.8 Å². The van der Waals surface area contributed by atoms with Crippen LogP contribution in [-0.4, -0.2) is 13.7 Å². The van der Waals surface area contributed by atoms with Crippen molar-refractivity contribution in [3.8, 4) is 33.8 Å². The first-order chi connectivity index (χ1) is 17.4. The molecule has 0 saturated carbocycles. The topological polar surface area (TPSA) is 27.7 Å². The number of hydrogen-bond donors (Lipinski definition) is 0. The summed E-state index contributed by atoms with van der Waals surface area (Å²) in [6, 6.07) is 19.0. The van der Waals surface area contributed by atoms with Gasteiger partial charge in [-0.25, -0.2) is 13.2 Å². The minimum Gasteiger partial charge on any atom is -0.497 e. The van der Waals surface area contributed by atoms with Crippen molar-refractivity contribution in [3.05, 3.63) is 107 Å². The first-order valence-corrected chi connectivity index (χ1v) is 11.3. The molecule has 4 aromatic carbocycles. The van der Waals surface area contributed by atoms with Crippen LogP contribution in [0.3, 0.4) is 0 Å². The zero-order chi connectivity index (χ0) is 25.7. The Morgan fingerprint density at radius 2 is 1.19 bits per heavy atom. The van der Waals surface area contributed by atoms with Crippen molar-refractivity contribution in [2.75, 3.05) is 13.7 Å². The third-order valence-corrected chi connectivity index (χ3v) is 5.73. The summed E-state index contributed by atoms with van der Waals surface area (Å²) in [5, 5.41) is 0. The van der Waals surface area contributed by atoms with E-state index in [1.807, 2.05) is 0 Å². The van der Waals surface area contributed by atoms with Gasteiger partial charge in [0, 0.05) is 23.3 Å². The highest BCUT2D eigenvalue weighted by atomic mass is 19.2. The van der Waals surface area contributed by atoms with E-state index in [0.717, 1.165) is 0 Å². The molecule has 0 radical (unpaired) electrons. The van der Waals surface area contributed by atoms with Crippen molar-refractivity contribution in [2.24, 2.45) is 0 Å². The van der Waals surface area contributed by atoms with Crippen molar-refractivity contribution in [1.82, 2.24) is 0 Å². The standard InChI is InChI=1S/C29H24F4O3/c1-3-35-17-21-10-15-25(29(33)26(21)30)36-16-18-4-6-19(7-5-18)23-13-14-24(28(32)27(23)31)20-8-11-22(34-2)12-9-20/h4-15H,3,16-17H2,1-2H3. The third-order valence-electron chi connectivity index (χ3n) is 5.73. The summed E-state index contributed by atoms with van der Waals surface area (Å²) in [5.74, 6) is -3.61. The van der Waals surface area contributed by atoms with Crippen LogP contribution in [0.1, 0.15) is 18.1 Å². The second-order valence-electron chi connectivity index (χ2n) is 7.99. The molecule has 0 amide bonds. The Morgan fingerprint density at radius 3 is 1.75 bits per heavy atom. The summed E-state index contributed by atoms with van der Waals surface area (Å²) in [6.07, 6.45) is 0. The van der Waals surface area contributed by atoms with Gasteiger partial charge in [-0.15, -0.1) is 0 Å². The van der Waals surface area contributed by atoms with Crippen LogP contribution in [0.2, 0.25) is 0 Å². The smallest absolute Gasteiger partial charge is 0.200 e. The number of rotatable bonds is 9. The average molecular weight is 497 g/mol. The highest BCUT2D eigenvalue weighted by Gasteiger charge is 2.17. The minimum atomic E-state index is -1.08. The second-order valence-corrected chi connectivity index (χ2v) is 7.99. The third kappa shape index (κ3) is 5.36. The maximum Gasteiger partial charge on any atom is 0.200 e. The molecule has 0 aliphatic carbocycles. The van der Waals surface area contributed by atoms with Gasteiger partial charge in [-0.1, -0.05) is 48.5 Å². The Labute approximate surface area is 206 Å². The lowest BCUT2D eigenvalue weighted by Gasteiger charge is -2.12. The molecule has 0 aliphatic heterocycles. The van der Waals surface area contributed by atoms with Crippen LogP contribution in [0.25, 0.3) is 22.3 Å². The number of ether oxygens (including phenoxy) is 3. The van der Waals surface area contributed by atoms with E-state index in [1.165, 1.54) is 31.4 Å². The Morgan fingerprint density at radius 1 is 0.611 bits per heavy atom. The summed E-state index contributed by atoms with van der Waals surface area (Å²) in [7, 11) is 1.53. The minimum absolute atomic E-state index is 0.0285. The molecule has 0 bridgehead atoms. The summed E-state index contributed by atoms with van der Waals surface area (Å²) < 4.78 is 74.0. The van der Waals surface area contributed by atoms with E-state index in [9.17, 15) is 17.6 Å². The number of methoxy groups -OCH3 is 1. The van der Waals surface area contributed by atoms with E-state index < -0.39 is 23.3 Å². The largest absolute Gasteiger partial charge is 0.497 e. The van der Waals surface area contributed by atoms with Gasteiger partial charge in [0.05, 0.1) is 13.7 Å². The number of halogens is 4. The van der Waals surface area contributed by atoms with E-state index >= 15 is 0 Å². The molecule has 0 heterocycles. The number of hydrogen-bond acceptors (Lipinski definition) is 3. The van der Waals surface area contributed by atoms with E-state index in [2.05, 4.69) is 0 Å². The second kappa shape index (κ2) is 11.3. The molecule has 0 aliphatic rings. The van der Waals surface area contributed by atoms with E-state index in [1.54, 1.807) is 55.5 Å². The molecule has 7 heteroatoms. The lowest BCUT2D eigenvalue weighted by atomic mass is 9.98. The molecule has 0 spiro atoms. The van der Waals surface area contributed by atoms with Gasteiger partial charge in [0.2, 0.25) is 5.82 Å². The highest BCUT2D eigenvalue weighted by Crippen LogP contribution is 2.32. The summed E-state index contributed by atoms with van der Waals surface area (Å²) >= 11 is 0. The summed E-state index contributed by atoms with van der Waals surface area (Å²) in [4.78, 5) is 0. The Kier molecular flexibility index (Phi) is 7.90. The van der Waals surface area contributed by atoms with Gasteiger partial charge in [0.15, 0.2) is 23.2 Å². The normalized spacial score (nSPS) is 10.9. The van der Waals surface area contributed by atoms with Crippen molar-refractivity contribution in [2.45, 2.75) is 20.1 Å². The van der Waals surface area contributed by atoms with Gasteiger partial charge in [0.1, 0.15) is 12.4 Å². The van der Waals surface area contributed by atoms with Gasteiger partial charge in [-0.05, 0) is 47.9 Å². The maximum atomic E-state index is 14.9. The van der Waals surface area contributed by atoms with Gasteiger partial charge in [-0.2, -0.15) is 4.39 Å². The molecule has 186 valence electrons. The molecule has 0 N–H and O–H groups in total. The molecule has 0 fully saturated rings. The molecule has 0 atom stereocenters. The molecule has 36 heavy (non-hydrogen) atoms. The average Bonchev–Trinajstić information content (AvgIpc) is 2.91. The Bertz CT molecular complexity index is 1340.